The number of hydrogen-bond donors (Lipinski definition) is 2. The molecule has 0 atom stereocenters. The lowest BCUT2D eigenvalue weighted by molar-refractivity contribution is -0.141. The minimum Gasteiger partial charge on any atom is -0.506 e. The highest BCUT2D eigenvalue weighted by molar-refractivity contribution is 6.32. The summed E-state index contributed by atoms with van der Waals surface area (Å²) >= 11 is 5.43. The summed E-state index contributed by atoms with van der Waals surface area (Å²) in [4.78, 5) is 24.6. The van der Waals surface area contributed by atoms with E-state index in [0.29, 0.717) is 12.1 Å². The Kier molecular flexibility index (Phi) is 3.54. The summed E-state index contributed by atoms with van der Waals surface area (Å²) in [6.45, 7) is 0. The summed E-state index contributed by atoms with van der Waals surface area (Å²) in [5, 5.41) is 8.96. The molecule has 0 radical (unpaired) electrons. The van der Waals surface area contributed by atoms with Crippen molar-refractivity contribution in [1.29, 1.82) is 0 Å². The topological polar surface area (TPSA) is 75.1 Å². The predicted octanol–water partition coefficient (Wildman–Crippen LogP) is 2.04. The number of benzene rings is 1. The van der Waals surface area contributed by atoms with E-state index in [2.05, 4.69) is 0 Å². The van der Waals surface area contributed by atoms with Crippen molar-refractivity contribution in [2.45, 2.75) is 6.18 Å². The molecule has 112 valence electrons. The molecule has 2 N–H and O–H groups in total. The summed E-state index contributed by atoms with van der Waals surface area (Å²) in [6.07, 6.45) is -4.93. The molecule has 0 fully saturated rings. The lowest BCUT2D eigenvalue weighted by atomic mass is 10.2. The van der Waals surface area contributed by atoms with Crippen LogP contribution >= 0.6 is 11.6 Å². The van der Waals surface area contributed by atoms with Gasteiger partial charge in [-0.1, -0.05) is 11.6 Å². The van der Waals surface area contributed by atoms with Gasteiger partial charge in [-0.3, -0.25) is 4.79 Å². The van der Waals surface area contributed by atoms with Gasteiger partial charge in [-0.15, -0.1) is 0 Å². The lowest BCUT2D eigenvalue weighted by Crippen LogP contribution is -2.36. The molecule has 5 nitrogen and oxygen atoms in total. The highest BCUT2D eigenvalue weighted by atomic mass is 35.5. The summed E-state index contributed by atoms with van der Waals surface area (Å²) in [5.74, 6) is -1.80. The van der Waals surface area contributed by atoms with Crippen molar-refractivity contribution in [2.75, 3.05) is 0 Å². The van der Waals surface area contributed by atoms with Crippen LogP contribution in [0.1, 0.15) is 5.69 Å². The highest BCUT2D eigenvalue weighted by Crippen LogP contribution is 2.28. The molecule has 0 aliphatic carbocycles. The molecule has 0 spiro atoms. The van der Waals surface area contributed by atoms with E-state index in [0.717, 1.165) is 0 Å². The fourth-order valence-corrected chi connectivity index (χ4v) is 1.72. The summed E-state index contributed by atoms with van der Waals surface area (Å²) in [6, 6.07) is 1.38. The van der Waals surface area contributed by atoms with Gasteiger partial charge in [-0.25, -0.2) is 13.8 Å². The number of aromatic amines is 1. The third kappa shape index (κ3) is 2.77. The molecule has 1 heterocycles. The van der Waals surface area contributed by atoms with Gasteiger partial charge in [0, 0.05) is 12.1 Å². The first-order valence-electron chi connectivity index (χ1n) is 5.23. The van der Waals surface area contributed by atoms with Gasteiger partial charge in [0.05, 0.1) is 10.7 Å². The van der Waals surface area contributed by atoms with Crippen molar-refractivity contribution in [3.63, 3.8) is 0 Å². The van der Waals surface area contributed by atoms with Gasteiger partial charge in [-0.05, 0) is 6.07 Å². The first-order chi connectivity index (χ1) is 9.61. The average molecular weight is 325 g/mol. The number of aromatic hydroxyl groups is 1. The Bertz CT molecular complexity index is 794. The van der Waals surface area contributed by atoms with E-state index < -0.39 is 40.4 Å². The van der Waals surface area contributed by atoms with E-state index in [1.165, 1.54) is 4.98 Å². The zero-order valence-electron chi connectivity index (χ0n) is 9.83. The molecular formula is C11H5ClF4N2O3. The monoisotopic (exact) mass is 324 g/mol. The van der Waals surface area contributed by atoms with Gasteiger partial charge in [0.15, 0.2) is 0 Å². The number of phenols is 1. The van der Waals surface area contributed by atoms with Crippen LogP contribution in [0.3, 0.4) is 0 Å². The third-order valence-electron chi connectivity index (χ3n) is 2.50. The highest BCUT2D eigenvalue weighted by Gasteiger charge is 2.33. The largest absolute Gasteiger partial charge is 0.506 e. The zero-order valence-corrected chi connectivity index (χ0v) is 10.6. The van der Waals surface area contributed by atoms with Gasteiger partial charge in [0.1, 0.15) is 17.3 Å². The van der Waals surface area contributed by atoms with Crippen LogP contribution in [0, 0.1) is 5.82 Å². The molecule has 1 aromatic carbocycles. The third-order valence-corrected chi connectivity index (χ3v) is 2.80. The van der Waals surface area contributed by atoms with Crippen molar-refractivity contribution in [2.24, 2.45) is 0 Å². The molecule has 0 amide bonds. The van der Waals surface area contributed by atoms with Gasteiger partial charge in [0.25, 0.3) is 5.56 Å². The molecule has 0 aliphatic rings. The smallest absolute Gasteiger partial charge is 0.431 e. The Balaban J connectivity index is 2.75. The molecule has 0 aliphatic heterocycles. The molecule has 1 aromatic heterocycles. The van der Waals surface area contributed by atoms with Crippen molar-refractivity contribution < 1.29 is 22.7 Å². The van der Waals surface area contributed by atoms with E-state index >= 15 is 0 Å². The molecule has 0 saturated heterocycles. The standard InChI is InChI=1S/C11H5ClF4N2O3/c12-4-1-5(13)6(2-7(4)19)18-9(20)3-8(11(14,15)16)17-10(18)21/h1-3,19H,(H,17,21). The molecule has 21 heavy (non-hydrogen) atoms. The van der Waals surface area contributed by atoms with Gasteiger partial charge in [0.2, 0.25) is 0 Å². The van der Waals surface area contributed by atoms with Crippen LogP contribution in [-0.4, -0.2) is 14.7 Å². The number of hydrogen-bond acceptors (Lipinski definition) is 3. The number of phenolic OH excluding ortho intramolecular Hbond substituents is 1. The molecule has 10 heteroatoms. The molecule has 2 aromatic rings. The van der Waals surface area contributed by atoms with Crippen LogP contribution in [0.15, 0.2) is 27.8 Å². The van der Waals surface area contributed by atoms with Crippen LogP contribution < -0.4 is 11.2 Å². The number of alkyl halides is 3. The maximum absolute atomic E-state index is 13.7. The molecule has 0 bridgehead atoms. The number of H-pyrrole nitrogens is 1. The SMILES string of the molecule is O=c1cc(C(F)(F)F)[nH]c(=O)n1-c1cc(O)c(Cl)cc1F. The Morgan fingerprint density at radius 3 is 2.33 bits per heavy atom. The summed E-state index contributed by atoms with van der Waals surface area (Å²) < 4.78 is 51.1. The molecular weight excluding hydrogens is 320 g/mol. The van der Waals surface area contributed by atoms with Crippen molar-refractivity contribution in [1.82, 2.24) is 9.55 Å². The zero-order chi connectivity index (χ0) is 15.9. The number of rotatable bonds is 1. The normalized spacial score (nSPS) is 11.7. The molecule has 0 unspecified atom stereocenters. The van der Waals surface area contributed by atoms with Crippen LogP contribution in [0.4, 0.5) is 17.6 Å². The van der Waals surface area contributed by atoms with Gasteiger partial charge < -0.3 is 10.1 Å². The number of nitrogens with zero attached hydrogens (tertiary/aromatic N) is 1. The average Bonchev–Trinajstić information content (AvgIpc) is 2.33. The van der Waals surface area contributed by atoms with Crippen LogP contribution in [-0.2, 0) is 6.18 Å². The minimum atomic E-state index is -4.93. The minimum absolute atomic E-state index is 0.104. The maximum Gasteiger partial charge on any atom is 0.431 e. The second kappa shape index (κ2) is 4.92. The van der Waals surface area contributed by atoms with Crippen LogP contribution in [0.2, 0.25) is 5.02 Å². The van der Waals surface area contributed by atoms with Crippen LogP contribution in [0.25, 0.3) is 5.69 Å². The Labute approximate surface area is 118 Å². The summed E-state index contributed by atoms with van der Waals surface area (Å²) in [7, 11) is 0. The number of nitrogens with one attached hydrogen (secondary N) is 1. The fraction of sp³-hybridized carbons (Fsp3) is 0.0909. The second-order valence-corrected chi connectivity index (χ2v) is 4.32. The predicted molar refractivity (Wildman–Crippen MR) is 64.3 cm³/mol. The Morgan fingerprint density at radius 2 is 1.81 bits per heavy atom. The lowest BCUT2D eigenvalue weighted by Gasteiger charge is -2.10. The van der Waals surface area contributed by atoms with Crippen molar-refractivity contribution >= 4 is 11.6 Å². The Hall–Kier alpha value is -2.29. The van der Waals surface area contributed by atoms with Gasteiger partial charge in [-0.2, -0.15) is 13.2 Å². The number of aromatic nitrogens is 2. The van der Waals surface area contributed by atoms with E-state index in [9.17, 15) is 32.3 Å². The molecule has 0 saturated carbocycles. The first-order valence-corrected chi connectivity index (χ1v) is 5.61. The molecule has 2 rings (SSSR count). The van der Waals surface area contributed by atoms with E-state index in [-0.39, 0.29) is 15.7 Å². The van der Waals surface area contributed by atoms with Crippen molar-refractivity contribution in [3.05, 3.63) is 55.6 Å². The van der Waals surface area contributed by atoms with E-state index in [1.807, 2.05) is 0 Å². The quantitative estimate of drug-likeness (QED) is 0.788. The maximum atomic E-state index is 13.7. The van der Waals surface area contributed by atoms with E-state index in [4.69, 9.17) is 11.6 Å². The summed E-state index contributed by atoms with van der Waals surface area (Å²) in [5.41, 5.74) is -5.20. The first kappa shape index (κ1) is 15.1. The van der Waals surface area contributed by atoms with Crippen LogP contribution in [0.5, 0.6) is 5.75 Å². The van der Waals surface area contributed by atoms with Crippen molar-refractivity contribution in [3.8, 4) is 11.4 Å². The van der Waals surface area contributed by atoms with Gasteiger partial charge >= 0.3 is 11.9 Å². The second-order valence-electron chi connectivity index (χ2n) is 3.91. The fourth-order valence-electron chi connectivity index (χ4n) is 1.57. The number of halogens is 5. The van der Waals surface area contributed by atoms with E-state index in [1.54, 1.807) is 0 Å². The Morgan fingerprint density at radius 1 is 1.19 bits per heavy atom.